The van der Waals surface area contributed by atoms with E-state index in [0.29, 0.717) is 11.9 Å². The Balaban J connectivity index is 2.43. The van der Waals surface area contributed by atoms with Gasteiger partial charge < -0.3 is 9.73 Å². The Bertz CT molecular complexity index is 592. The fourth-order valence-electron chi connectivity index (χ4n) is 1.85. The topological polar surface area (TPSA) is 42.2 Å². The summed E-state index contributed by atoms with van der Waals surface area (Å²) >= 11 is 0. The van der Waals surface area contributed by atoms with Crippen molar-refractivity contribution in [2.75, 3.05) is 6.54 Å². The van der Waals surface area contributed by atoms with Crippen LogP contribution in [0.1, 0.15) is 24.2 Å². The van der Waals surface area contributed by atoms with Crippen LogP contribution in [0.3, 0.4) is 0 Å². The maximum atomic E-state index is 13.8. The monoisotopic (exact) mass is 253 g/mol. The number of furan rings is 1. The molecule has 0 radical (unpaired) electrons. The zero-order valence-corrected chi connectivity index (χ0v) is 10.1. The molecule has 2 rings (SSSR count). The number of ketones is 1. The second-order valence-corrected chi connectivity index (χ2v) is 4.06. The molecule has 0 bridgehead atoms. The van der Waals surface area contributed by atoms with E-state index >= 15 is 0 Å². The molecule has 0 saturated carbocycles. The Morgan fingerprint density at radius 1 is 1.39 bits per heavy atom. The smallest absolute Gasteiger partial charge is 0.278 e. The quantitative estimate of drug-likeness (QED) is 0.852. The third kappa shape index (κ3) is 2.26. The van der Waals surface area contributed by atoms with E-state index < -0.39 is 17.9 Å². The summed E-state index contributed by atoms with van der Waals surface area (Å²) in [6.07, 6.45) is 0. The van der Waals surface area contributed by atoms with E-state index in [4.69, 9.17) is 4.42 Å². The number of carbonyl (C=O) groups is 1. The van der Waals surface area contributed by atoms with Crippen LogP contribution in [0.2, 0.25) is 0 Å². The molecular weight excluding hydrogens is 240 g/mol. The summed E-state index contributed by atoms with van der Waals surface area (Å²) in [5, 5.41) is 3.21. The van der Waals surface area contributed by atoms with Gasteiger partial charge in [-0.25, -0.2) is 4.39 Å². The molecule has 0 saturated heterocycles. The maximum Gasteiger partial charge on any atom is 0.278 e. The highest BCUT2D eigenvalue weighted by molar-refractivity contribution is 6.02. The fourth-order valence-corrected chi connectivity index (χ4v) is 1.85. The minimum Gasteiger partial charge on any atom is -0.431 e. The lowest BCUT2D eigenvalue weighted by Gasteiger charge is -2.11. The number of likely N-dealkylation sites (N-methyl/N-ethyl adjacent to an activating group) is 1. The van der Waals surface area contributed by atoms with Crippen molar-refractivity contribution in [1.29, 1.82) is 0 Å². The highest BCUT2D eigenvalue weighted by Crippen LogP contribution is 2.23. The molecule has 0 aliphatic rings. The number of Topliss-reactive ketones (excluding diaryl/α,β-unsaturated/α-hetero) is 1. The minimum atomic E-state index is -0.797. The highest BCUT2D eigenvalue weighted by Gasteiger charge is 2.20. The lowest BCUT2D eigenvalue weighted by Crippen LogP contribution is -2.34. The van der Waals surface area contributed by atoms with Gasteiger partial charge in [-0.1, -0.05) is 6.92 Å². The Hall–Kier alpha value is -1.75. The summed E-state index contributed by atoms with van der Waals surface area (Å²) in [6, 6.07) is 2.13. The van der Waals surface area contributed by atoms with E-state index in [1.807, 2.05) is 6.92 Å². The van der Waals surface area contributed by atoms with Crippen LogP contribution < -0.4 is 5.32 Å². The molecule has 1 heterocycles. The molecule has 0 amide bonds. The number of hydrogen-bond donors (Lipinski definition) is 1. The molecule has 1 aromatic carbocycles. The van der Waals surface area contributed by atoms with Crippen molar-refractivity contribution in [2.45, 2.75) is 19.9 Å². The lowest BCUT2D eigenvalue weighted by atomic mass is 10.0. The summed E-state index contributed by atoms with van der Waals surface area (Å²) in [5.74, 6) is -1.05. The average Bonchev–Trinajstić information content (AvgIpc) is 2.66. The molecule has 0 fully saturated rings. The molecule has 0 aliphatic heterocycles. The van der Waals surface area contributed by atoms with Gasteiger partial charge in [0.25, 0.3) is 6.01 Å². The van der Waals surface area contributed by atoms with Gasteiger partial charge in [0.2, 0.25) is 0 Å². The van der Waals surface area contributed by atoms with Crippen molar-refractivity contribution < 1.29 is 18.0 Å². The van der Waals surface area contributed by atoms with Crippen molar-refractivity contribution in [3.63, 3.8) is 0 Å². The molecule has 5 heteroatoms. The molecule has 1 N–H and O–H groups in total. The normalized spacial score (nSPS) is 12.9. The zero-order valence-electron chi connectivity index (χ0n) is 10.1. The molecule has 18 heavy (non-hydrogen) atoms. The van der Waals surface area contributed by atoms with Crippen LogP contribution in [0.25, 0.3) is 11.0 Å². The highest BCUT2D eigenvalue weighted by atomic mass is 19.1. The van der Waals surface area contributed by atoms with Crippen molar-refractivity contribution in [2.24, 2.45) is 0 Å². The summed E-state index contributed by atoms with van der Waals surface area (Å²) in [7, 11) is 0. The van der Waals surface area contributed by atoms with E-state index in [2.05, 4.69) is 5.32 Å². The number of benzene rings is 1. The van der Waals surface area contributed by atoms with Gasteiger partial charge in [-0.15, -0.1) is 0 Å². The number of halogens is 2. The van der Waals surface area contributed by atoms with Crippen LogP contribution in [-0.2, 0) is 0 Å². The number of nitrogens with one attached hydrogen (secondary N) is 1. The van der Waals surface area contributed by atoms with Crippen LogP contribution in [0.15, 0.2) is 22.6 Å². The average molecular weight is 253 g/mol. The number of carbonyl (C=O) groups excluding carboxylic acids is 1. The number of rotatable bonds is 4. The minimum absolute atomic E-state index is 0.0923. The molecule has 0 aliphatic carbocycles. The van der Waals surface area contributed by atoms with Crippen molar-refractivity contribution in [3.8, 4) is 0 Å². The van der Waals surface area contributed by atoms with Gasteiger partial charge in [-0.2, -0.15) is 4.39 Å². The van der Waals surface area contributed by atoms with Gasteiger partial charge in [0.05, 0.1) is 11.6 Å². The van der Waals surface area contributed by atoms with Crippen LogP contribution in [0.4, 0.5) is 8.78 Å². The second kappa shape index (κ2) is 4.86. The maximum absolute atomic E-state index is 13.8. The first kappa shape index (κ1) is 12.7. The Labute approximate surface area is 103 Å². The van der Waals surface area contributed by atoms with Gasteiger partial charge in [0.15, 0.2) is 5.78 Å². The summed E-state index contributed by atoms with van der Waals surface area (Å²) < 4.78 is 31.4. The van der Waals surface area contributed by atoms with Gasteiger partial charge >= 0.3 is 0 Å². The van der Waals surface area contributed by atoms with E-state index in [1.165, 1.54) is 6.07 Å². The first-order valence-corrected chi connectivity index (χ1v) is 5.69. The van der Waals surface area contributed by atoms with Gasteiger partial charge in [0, 0.05) is 11.5 Å². The molecular formula is C13H13F2NO2. The van der Waals surface area contributed by atoms with Crippen molar-refractivity contribution >= 4 is 16.8 Å². The standard InChI is InChI=1S/C13H13F2NO2/c1-3-16-7(2)13(17)9-6-11-8(4-10(9)14)5-12(15)18-11/h4-7,16H,3H2,1-2H3. The molecule has 1 aromatic heterocycles. The molecule has 2 aromatic rings. The van der Waals surface area contributed by atoms with E-state index in [9.17, 15) is 13.6 Å². The van der Waals surface area contributed by atoms with Crippen molar-refractivity contribution in [3.05, 3.63) is 35.6 Å². The van der Waals surface area contributed by atoms with Crippen LogP contribution >= 0.6 is 0 Å². The third-order valence-electron chi connectivity index (χ3n) is 2.74. The lowest BCUT2D eigenvalue weighted by molar-refractivity contribution is 0.0948. The summed E-state index contributed by atoms with van der Waals surface area (Å²) in [5.41, 5.74) is 0.0752. The van der Waals surface area contributed by atoms with Gasteiger partial charge in [0.1, 0.15) is 11.4 Å². The van der Waals surface area contributed by atoms with Crippen LogP contribution in [0, 0.1) is 11.8 Å². The van der Waals surface area contributed by atoms with Gasteiger partial charge in [-0.3, -0.25) is 4.79 Å². The summed E-state index contributed by atoms with van der Waals surface area (Å²) in [6.45, 7) is 4.11. The first-order valence-electron chi connectivity index (χ1n) is 5.69. The SMILES string of the molecule is CCNC(C)C(=O)c1cc2oc(F)cc2cc1F. The van der Waals surface area contributed by atoms with E-state index in [1.54, 1.807) is 6.92 Å². The largest absolute Gasteiger partial charge is 0.431 e. The van der Waals surface area contributed by atoms with E-state index in [0.717, 1.165) is 12.1 Å². The van der Waals surface area contributed by atoms with Gasteiger partial charge in [-0.05, 0) is 25.6 Å². The van der Waals surface area contributed by atoms with Crippen LogP contribution in [0.5, 0.6) is 0 Å². The molecule has 3 nitrogen and oxygen atoms in total. The second-order valence-electron chi connectivity index (χ2n) is 4.06. The van der Waals surface area contributed by atoms with Crippen LogP contribution in [-0.4, -0.2) is 18.4 Å². The predicted octanol–water partition coefficient (Wildman–Crippen LogP) is 2.89. The number of fused-ring (bicyclic) bond motifs is 1. The fraction of sp³-hybridized carbons (Fsp3) is 0.308. The predicted molar refractivity (Wildman–Crippen MR) is 63.6 cm³/mol. The molecule has 1 unspecified atom stereocenters. The Kier molecular flexibility index (Phi) is 3.43. The zero-order chi connectivity index (χ0) is 13.3. The molecule has 96 valence electrons. The van der Waals surface area contributed by atoms with E-state index in [-0.39, 0.29) is 16.9 Å². The Morgan fingerprint density at radius 3 is 2.78 bits per heavy atom. The summed E-state index contributed by atoms with van der Waals surface area (Å²) in [4.78, 5) is 12.0. The van der Waals surface area contributed by atoms with Crippen molar-refractivity contribution in [1.82, 2.24) is 5.32 Å². The molecule has 0 spiro atoms. The first-order chi connectivity index (χ1) is 8.52. The number of hydrogen-bond acceptors (Lipinski definition) is 3. The molecule has 1 atom stereocenters. The third-order valence-corrected chi connectivity index (χ3v) is 2.74. The Morgan fingerprint density at radius 2 is 2.11 bits per heavy atom.